The number of amides is 1. The fourth-order valence-electron chi connectivity index (χ4n) is 4.99. The molecule has 214 valence electrons. The molecule has 2 N–H and O–H groups in total. The van der Waals surface area contributed by atoms with Crippen LogP contribution in [0.1, 0.15) is 136 Å². The third kappa shape index (κ3) is 17.9. The molecule has 0 saturated carbocycles. The Morgan fingerprint density at radius 3 is 1.86 bits per heavy atom. The second-order valence-corrected chi connectivity index (χ2v) is 12.4. The lowest BCUT2D eigenvalue weighted by Crippen LogP contribution is -2.36. The average molecular weight is 541 g/mol. The van der Waals surface area contributed by atoms with Gasteiger partial charge in [-0.1, -0.05) is 71.1 Å². The fraction of sp³-hybridized carbons (Fsp3) is 0.862. The number of carbonyl (C=O) groups excluding carboxylic acids is 4. The molecule has 1 aliphatic rings. The zero-order valence-corrected chi connectivity index (χ0v) is 24.5. The van der Waals surface area contributed by atoms with Crippen LogP contribution in [0.2, 0.25) is 0 Å². The molecule has 1 aliphatic heterocycles. The van der Waals surface area contributed by atoms with Gasteiger partial charge >= 0.3 is 0 Å². The lowest BCUT2D eigenvalue weighted by atomic mass is 10.0. The molecular formula is C29H53N2O5P. The first-order valence-electron chi connectivity index (χ1n) is 14.9. The standard InChI is InChI=1S/C29H53N2O5P/c1-3-4-5-6-7-8-9-10-11-12-13-18-27(33)23-26(30-25(2)32)24-29(35)37(36)28(34)19-14-15-20-31-21-16-17-22-31/h26,36H,3-24H2,1-2H3,(H,30,32). The van der Waals surface area contributed by atoms with E-state index in [1.807, 2.05) is 0 Å². The van der Waals surface area contributed by atoms with Crippen LogP contribution < -0.4 is 5.32 Å². The molecule has 0 bridgehead atoms. The van der Waals surface area contributed by atoms with Gasteiger partial charge in [-0.3, -0.25) is 19.2 Å². The Labute approximate surface area is 226 Å². The molecule has 1 saturated heterocycles. The molecule has 1 amide bonds. The number of nitrogens with zero attached hydrogens (tertiary/aromatic N) is 1. The van der Waals surface area contributed by atoms with E-state index in [0.29, 0.717) is 12.8 Å². The number of Topliss-reactive ketones (excluding diaryl/α,β-unsaturated/α-hetero) is 1. The van der Waals surface area contributed by atoms with Gasteiger partial charge in [-0.15, -0.1) is 0 Å². The molecule has 1 heterocycles. The minimum absolute atomic E-state index is 0.0120. The number of unbranched alkanes of at least 4 members (excludes halogenated alkanes) is 11. The molecule has 2 atom stereocenters. The number of ketones is 1. The van der Waals surface area contributed by atoms with E-state index in [1.165, 1.54) is 71.1 Å². The maximum Gasteiger partial charge on any atom is 0.217 e. The molecule has 37 heavy (non-hydrogen) atoms. The van der Waals surface area contributed by atoms with E-state index in [9.17, 15) is 24.1 Å². The Morgan fingerprint density at radius 1 is 0.757 bits per heavy atom. The predicted molar refractivity (Wildman–Crippen MR) is 152 cm³/mol. The van der Waals surface area contributed by atoms with E-state index >= 15 is 0 Å². The maximum absolute atomic E-state index is 12.5. The van der Waals surface area contributed by atoms with Crippen molar-refractivity contribution in [3.8, 4) is 0 Å². The van der Waals surface area contributed by atoms with Crippen molar-refractivity contribution in [1.29, 1.82) is 0 Å². The molecule has 8 heteroatoms. The summed E-state index contributed by atoms with van der Waals surface area (Å²) in [5.41, 5.74) is -0.962. The molecule has 0 aromatic rings. The van der Waals surface area contributed by atoms with E-state index in [4.69, 9.17) is 0 Å². The maximum atomic E-state index is 12.5. The topological polar surface area (TPSA) is 104 Å². The van der Waals surface area contributed by atoms with Gasteiger partial charge in [-0.25, -0.2) is 0 Å². The molecule has 0 aliphatic carbocycles. The highest BCUT2D eigenvalue weighted by molar-refractivity contribution is 7.84. The van der Waals surface area contributed by atoms with Gasteiger partial charge < -0.3 is 15.1 Å². The Bertz CT molecular complexity index is 667. The van der Waals surface area contributed by atoms with Crippen molar-refractivity contribution in [1.82, 2.24) is 10.2 Å². The summed E-state index contributed by atoms with van der Waals surface area (Å²) in [5, 5.41) is 2.66. The van der Waals surface area contributed by atoms with Gasteiger partial charge in [0, 0.05) is 38.6 Å². The molecule has 0 aromatic carbocycles. The highest BCUT2D eigenvalue weighted by Gasteiger charge is 2.28. The first-order chi connectivity index (χ1) is 17.8. The second-order valence-electron chi connectivity index (χ2n) is 10.7. The number of carbonyl (C=O) groups is 4. The summed E-state index contributed by atoms with van der Waals surface area (Å²) < 4.78 is 0. The van der Waals surface area contributed by atoms with Gasteiger partial charge in [0.2, 0.25) is 5.91 Å². The summed E-state index contributed by atoms with van der Waals surface area (Å²) in [6, 6.07) is -0.662. The van der Waals surface area contributed by atoms with Crippen LogP contribution in [0, 0.1) is 0 Å². The Kier molecular flexibility index (Phi) is 19.9. The molecule has 0 aromatic heterocycles. The first-order valence-corrected chi connectivity index (χ1v) is 16.2. The van der Waals surface area contributed by atoms with E-state index in [1.54, 1.807) is 0 Å². The normalized spacial score (nSPS) is 15.4. The Balaban J connectivity index is 2.23. The molecule has 0 spiro atoms. The third-order valence-corrected chi connectivity index (χ3v) is 8.50. The fourth-order valence-corrected chi connectivity index (χ4v) is 6.03. The number of nitrogens with one attached hydrogen (secondary N) is 1. The molecular weight excluding hydrogens is 487 g/mol. The van der Waals surface area contributed by atoms with Crippen LogP contribution in [-0.4, -0.2) is 58.2 Å². The van der Waals surface area contributed by atoms with Gasteiger partial charge in [-0.2, -0.15) is 0 Å². The van der Waals surface area contributed by atoms with Crippen LogP contribution in [0.5, 0.6) is 0 Å². The predicted octanol–water partition coefficient (Wildman–Crippen LogP) is 6.25. The summed E-state index contributed by atoms with van der Waals surface area (Å²) in [6.45, 7) is 6.76. The number of likely N-dealkylation sites (tertiary alicyclic amines) is 1. The highest BCUT2D eigenvalue weighted by Crippen LogP contribution is 2.36. The number of hydrogen-bond donors (Lipinski definition) is 2. The summed E-state index contributed by atoms with van der Waals surface area (Å²) in [4.78, 5) is 61.6. The zero-order valence-electron chi connectivity index (χ0n) is 23.6. The van der Waals surface area contributed by atoms with Gasteiger partial charge in [0.05, 0.1) is 0 Å². The van der Waals surface area contributed by atoms with Crippen molar-refractivity contribution in [2.75, 3.05) is 19.6 Å². The molecule has 1 rings (SSSR count). The lowest BCUT2D eigenvalue weighted by molar-refractivity contribution is -0.122. The van der Waals surface area contributed by atoms with E-state index in [0.717, 1.165) is 45.3 Å². The summed E-state index contributed by atoms with van der Waals surface area (Å²) in [5.74, 6) is -0.311. The smallest absolute Gasteiger partial charge is 0.217 e. The first kappa shape index (κ1) is 33.9. The second kappa shape index (κ2) is 21.7. The van der Waals surface area contributed by atoms with Crippen LogP contribution in [0.3, 0.4) is 0 Å². The lowest BCUT2D eigenvalue weighted by Gasteiger charge is -2.18. The molecule has 2 unspecified atom stereocenters. The van der Waals surface area contributed by atoms with Crippen LogP contribution in [0.25, 0.3) is 0 Å². The third-order valence-electron chi connectivity index (χ3n) is 7.15. The monoisotopic (exact) mass is 540 g/mol. The van der Waals surface area contributed by atoms with E-state index in [2.05, 4.69) is 17.1 Å². The SMILES string of the molecule is CCCCCCCCCCCCCC(=O)CC(CC(=O)P(O)C(=O)CCCCN1CCCC1)NC(C)=O. The van der Waals surface area contributed by atoms with Gasteiger partial charge in [0.15, 0.2) is 19.2 Å². The summed E-state index contributed by atoms with van der Waals surface area (Å²) in [6.07, 6.45) is 17.9. The van der Waals surface area contributed by atoms with Crippen LogP contribution >= 0.6 is 8.15 Å². The summed E-state index contributed by atoms with van der Waals surface area (Å²) in [7, 11) is -2.39. The largest absolute Gasteiger partial charge is 0.360 e. The summed E-state index contributed by atoms with van der Waals surface area (Å²) >= 11 is 0. The quantitative estimate of drug-likeness (QED) is 0.111. The van der Waals surface area contributed by atoms with Crippen LogP contribution in [-0.2, 0) is 19.2 Å². The van der Waals surface area contributed by atoms with Crippen molar-refractivity contribution < 1.29 is 24.1 Å². The molecule has 7 nitrogen and oxygen atoms in total. The van der Waals surface area contributed by atoms with Gasteiger partial charge in [0.25, 0.3) is 0 Å². The zero-order chi connectivity index (χ0) is 27.3. The van der Waals surface area contributed by atoms with Gasteiger partial charge in [0.1, 0.15) is 5.78 Å². The Morgan fingerprint density at radius 2 is 1.30 bits per heavy atom. The van der Waals surface area contributed by atoms with Crippen molar-refractivity contribution in [2.45, 2.75) is 142 Å². The van der Waals surface area contributed by atoms with Crippen molar-refractivity contribution in [3.05, 3.63) is 0 Å². The average Bonchev–Trinajstić information content (AvgIpc) is 3.37. The van der Waals surface area contributed by atoms with E-state index in [-0.39, 0.29) is 31.0 Å². The molecule has 0 radical (unpaired) electrons. The van der Waals surface area contributed by atoms with Crippen molar-refractivity contribution >= 4 is 30.9 Å². The number of hydrogen-bond acceptors (Lipinski definition) is 6. The van der Waals surface area contributed by atoms with Gasteiger partial charge in [-0.05, 0) is 51.7 Å². The van der Waals surface area contributed by atoms with Crippen LogP contribution in [0.4, 0.5) is 0 Å². The minimum Gasteiger partial charge on any atom is -0.360 e. The van der Waals surface area contributed by atoms with Crippen LogP contribution in [0.15, 0.2) is 0 Å². The molecule has 1 fully saturated rings. The number of rotatable bonds is 24. The minimum atomic E-state index is -2.39. The van der Waals surface area contributed by atoms with E-state index < -0.39 is 25.2 Å². The Hall–Kier alpha value is -1.17. The highest BCUT2D eigenvalue weighted by atomic mass is 31.1. The van der Waals surface area contributed by atoms with Crippen molar-refractivity contribution in [2.24, 2.45) is 0 Å². The van der Waals surface area contributed by atoms with Crippen molar-refractivity contribution in [3.63, 3.8) is 0 Å².